The van der Waals surface area contributed by atoms with Crippen LogP contribution >= 0.6 is 0 Å². The lowest BCUT2D eigenvalue weighted by Crippen LogP contribution is -2.35. The largest absolute Gasteiger partial charge is 0.493 e. The van der Waals surface area contributed by atoms with E-state index in [1.54, 1.807) is 18.9 Å². The average Bonchev–Trinajstić information content (AvgIpc) is 2.92. The molecule has 0 bridgehead atoms. The summed E-state index contributed by atoms with van der Waals surface area (Å²) in [5.74, 6) is 0.300. The Morgan fingerprint density at radius 3 is 2.70 bits per heavy atom. The van der Waals surface area contributed by atoms with Crippen molar-refractivity contribution in [3.63, 3.8) is 0 Å². The fourth-order valence-corrected chi connectivity index (χ4v) is 2.65. The van der Waals surface area contributed by atoms with Crippen LogP contribution in [0.5, 0.6) is 11.5 Å². The normalized spacial score (nSPS) is 20.4. The van der Waals surface area contributed by atoms with Crippen molar-refractivity contribution in [3.05, 3.63) is 23.8 Å². The number of carbonyl (C=O) groups excluding carboxylic acids is 1. The summed E-state index contributed by atoms with van der Waals surface area (Å²) in [5.41, 5.74) is 0.228. The zero-order chi connectivity index (χ0) is 17.0. The number of methoxy groups -OCH3 is 1. The molecule has 1 heterocycles. The third-order valence-corrected chi connectivity index (χ3v) is 4.23. The molecular weight excluding hydrogens is 298 g/mol. The van der Waals surface area contributed by atoms with Crippen LogP contribution in [-0.4, -0.2) is 48.7 Å². The van der Waals surface area contributed by atoms with Gasteiger partial charge in [-0.15, -0.1) is 0 Å². The quantitative estimate of drug-likeness (QED) is 0.868. The van der Waals surface area contributed by atoms with Gasteiger partial charge in [0.2, 0.25) is 5.91 Å². The third kappa shape index (κ3) is 3.94. The smallest absolute Gasteiger partial charge is 0.311 e. The predicted molar refractivity (Wildman–Crippen MR) is 84.8 cm³/mol. The molecule has 1 aliphatic rings. The minimum atomic E-state index is -0.853. The van der Waals surface area contributed by atoms with Gasteiger partial charge in [0, 0.05) is 13.1 Å². The predicted octanol–water partition coefficient (Wildman–Crippen LogP) is 2.10. The SMILES string of the molecule is COc1cc(C)ccc1OCCC(=O)N1CC[C@](C)(C(=O)O)C1. The molecule has 0 radical (unpaired) electrons. The van der Waals surface area contributed by atoms with E-state index in [0.717, 1.165) is 5.56 Å². The molecule has 1 fully saturated rings. The number of amides is 1. The maximum Gasteiger partial charge on any atom is 0.311 e. The van der Waals surface area contributed by atoms with Crippen LogP contribution < -0.4 is 9.47 Å². The maximum atomic E-state index is 12.2. The highest BCUT2D eigenvalue weighted by atomic mass is 16.5. The Kier molecular flexibility index (Phi) is 5.13. The van der Waals surface area contributed by atoms with E-state index >= 15 is 0 Å². The molecule has 1 aromatic carbocycles. The van der Waals surface area contributed by atoms with E-state index in [1.807, 2.05) is 25.1 Å². The lowest BCUT2D eigenvalue weighted by atomic mass is 9.90. The monoisotopic (exact) mass is 321 g/mol. The number of carbonyl (C=O) groups is 2. The van der Waals surface area contributed by atoms with Gasteiger partial charge < -0.3 is 19.5 Å². The molecule has 126 valence electrons. The number of benzene rings is 1. The Labute approximate surface area is 136 Å². The van der Waals surface area contributed by atoms with Gasteiger partial charge in [-0.2, -0.15) is 0 Å². The first kappa shape index (κ1) is 17.1. The lowest BCUT2D eigenvalue weighted by Gasteiger charge is -2.20. The number of carboxylic acid groups (broad SMARTS) is 1. The van der Waals surface area contributed by atoms with Crippen molar-refractivity contribution in [1.29, 1.82) is 0 Å². The number of likely N-dealkylation sites (tertiary alicyclic amines) is 1. The molecule has 1 N–H and O–H groups in total. The fraction of sp³-hybridized carbons (Fsp3) is 0.529. The molecular formula is C17H23NO5. The van der Waals surface area contributed by atoms with Crippen molar-refractivity contribution in [1.82, 2.24) is 4.90 Å². The summed E-state index contributed by atoms with van der Waals surface area (Å²) in [7, 11) is 1.57. The van der Waals surface area contributed by atoms with E-state index in [2.05, 4.69) is 0 Å². The molecule has 0 aromatic heterocycles. The van der Waals surface area contributed by atoms with Gasteiger partial charge in [0.15, 0.2) is 11.5 Å². The maximum absolute atomic E-state index is 12.2. The van der Waals surface area contributed by atoms with Gasteiger partial charge in [0.25, 0.3) is 0 Å². The minimum Gasteiger partial charge on any atom is -0.493 e. The molecule has 1 saturated heterocycles. The number of carboxylic acids is 1. The summed E-state index contributed by atoms with van der Waals surface area (Å²) in [6.07, 6.45) is 0.702. The van der Waals surface area contributed by atoms with Gasteiger partial charge in [0.1, 0.15) is 0 Å². The number of nitrogens with zero attached hydrogens (tertiary/aromatic N) is 1. The van der Waals surface area contributed by atoms with Crippen molar-refractivity contribution < 1.29 is 24.2 Å². The molecule has 0 saturated carbocycles. The summed E-state index contributed by atoms with van der Waals surface area (Å²) < 4.78 is 10.9. The van der Waals surface area contributed by atoms with Crippen LogP contribution in [0.1, 0.15) is 25.3 Å². The second-order valence-corrected chi connectivity index (χ2v) is 6.18. The van der Waals surface area contributed by atoms with Crippen LogP contribution in [0.2, 0.25) is 0 Å². The first-order valence-corrected chi connectivity index (χ1v) is 7.64. The van der Waals surface area contributed by atoms with Gasteiger partial charge in [-0.1, -0.05) is 6.07 Å². The first-order chi connectivity index (χ1) is 10.9. The summed E-state index contributed by atoms with van der Waals surface area (Å²) in [6, 6.07) is 5.60. The minimum absolute atomic E-state index is 0.0824. The molecule has 0 aliphatic carbocycles. The number of aliphatic carboxylic acids is 1. The van der Waals surface area contributed by atoms with Crippen LogP contribution in [-0.2, 0) is 9.59 Å². The Balaban J connectivity index is 1.85. The van der Waals surface area contributed by atoms with Gasteiger partial charge in [0.05, 0.1) is 25.6 Å². The zero-order valence-electron chi connectivity index (χ0n) is 13.8. The fourth-order valence-electron chi connectivity index (χ4n) is 2.65. The molecule has 1 aliphatic heterocycles. The third-order valence-electron chi connectivity index (χ3n) is 4.23. The number of hydrogen-bond donors (Lipinski definition) is 1. The Bertz CT molecular complexity index is 601. The molecule has 6 nitrogen and oxygen atoms in total. The van der Waals surface area contributed by atoms with Gasteiger partial charge in [-0.05, 0) is 38.0 Å². The summed E-state index contributed by atoms with van der Waals surface area (Å²) in [6.45, 7) is 4.61. The zero-order valence-corrected chi connectivity index (χ0v) is 13.8. The van der Waals surface area contributed by atoms with Gasteiger partial charge in [-0.25, -0.2) is 0 Å². The van der Waals surface area contributed by atoms with Crippen LogP contribution in [0, 0.1) is 12.3 Å². The summed E-state index contributed by atoms with van der Waals surface area (Å²) in [5, 5.41) is 9.20. The molecule has 1 atom stereocenters. The van der Waals surface area contributed by atoms with Gasteiger partial charge in [-0.3, -0.25) is 9.59 Å². The number of rotatable bonds is 6. The standard InChI is InChI=1S/C17H23NO5/c1-12-4-5-13(14(10-12)22-3)23-9-6-15(19)18-8-7-17(2,11-18)16(20)21/h4-5,10H,6-9,11H2,1-3H3,(H,20,21)/t17-/m0/s1. The van der Waals surface area contributed by atoms with Gasteiger partial charge >= 0.3 is 5.97 Å². The second-order valence-electron chi connectivity index (χ2n) is 6.18. The highest BCUT2D eigenvalue weighted by molar-refractivity contribution is 5.80. The topological polar surface area (TPSA) is 76.1 Å². The average molecular weight is 321 g/mol. The Hall–Kier alpha value is -2.24. The lowest BCUT2D eigenvalue weighted by molar-refractivity contribution is -0.147. The van der Waals surface area contributed by atoms with Crippen molar-refractivity contribution in [3.8, 4) is 11.5 Å². The van der Waals surface area contributed by atoms with Crippen LogP contribution in [0.3, 0.4) is 0 Å². The van der Waals surface area contributed by atoms with E-state index in [4.69, 9.17) is 9.47 Å². The number of ether oxygens (including phenoxy) is 2. The van der Waals surface area contributed by atoms with E-state index in [1.165, 1.54) is 0 Å². The van der Waals surface area contributed by atoms with E-state index in [-0.39, 0.29) is 25.5 Å². The first-order valence-electron chi connectivity index (χ1n) is 7.64. The molecule has 0 spiro atoms. The molecule has 6 heteroatoms. The van der Waals surface area contributed by atoms with Crippen molar-refractivity contribution in [2.75, 3.05) is 26.8 Å². The number of aryl methyl sites for hydroxylation is 1. The summed E-state index contributed by atoms with van der Waals surface area (Å²) in [4.78, 5) is 25.0. The molecule has 1 amide bonds. The van der Waals surface area contributed by atoms with E-state index in [9.17, 15) is 14.7 Å². The number of hydrogen-bond acceptors (Lipinski definition) is 4. The molecule has 2 rings (SSSR count). The Morgan fingerprint density at radius 1 is 1.35 bits per heavy atom. The van der Waals surface area contributed by atoms with Crippen LogP contribution in [0.4, 0.5) is 0 Å². The summed E-state index contributed by atoms with van der Waals surface area (Å²) >= 11 is 0. The molecule has 1 aromatic rings. The van der Waals surface area contributed by atoms with E-state index < -0.39 is 11.4 Å². The van der Waals surface area contributed by atoms with E-state index in [0.29, 0.717) is 24.5 Å². The second kappa shape index (κ2) is 6.89. The van der Waals surface area contributed by atoms with Crippen LogP contribution in [0.25, 0.3) is 0 Å². The Morgan fingerprint density at radius 2 is 2.09 bits per heavy atom. The molecule has 0 unspecified atom stereocenters. The molecule has 23 heavy (non-hydrogen) atoms. The van der Waals surface area contributed by atoms with Crippen molar-refractivity contribution in [2.24, 2.45) is 5.41 Å². The van der Waals surface area contributed by atoms with Crippen molar-refractivity contribution >= 4 is 11.9 Å². The highest BCUT2D eigenvalue weighted by Gasteiger charge is 2.41. The van der Waals surface area contributed by atoms with Crippen LogP contribution in [0.15, 0.2) is 18.2 Å². The highest BCUT2D eigenvalue weighted by Crippen LogP contribution is 2.31. The van der Waals surface area contributed by atoms with Crippen molar-refractivity contribution in [2.45, 2.75) is 26.7 Å².